The zero-order valence-corrected chi connectivity index (χ0v) is 21.9. The smallest absolute Gasteiger partial charge is 0.272 e. The number of halogens is 1. The van der Waals surface area contributed by atoms with Crippen LogP contribution in [0.4, 0.5) is 10.1 Å². The Morgan fingerprint density at radius 3 is 2.61 bits per heavy atom. The molecular formula is C29H41FN4O2. The van der Waals surface area contributed by atoms with Crippen LogP contribution in [0.3, 0.4) is 0 Å². The molecule has 2 N–H and O–H groups in total. The van der Waals surface area contributed by atoms with E-state index in [9.17, 15) is 14.0 Å². The lowest BCUT2D eigenvalue weighted by atomic mass is 9.90. The van der Waals surface area contributed by atoms with Crippen LogP contribution in [-0.2, 0) is 9.59 Å². The quantitative estimate of drug-likeness (QED) is 0.478. The standard InChI is InChI=1S/C29H41FN4O2/c1-20-6-3-10-27(21(20)2)33-16-13-22(14-17-33)11-12-24(35)18-32-26-9-4-8-25(26)28(31)29(36)34-15-5-7-23(30)19-34/h3,6,10,22-23,31-32H,4-5,7-9,11-19H2,1-2H3/t23-/m0/s1. The van der Waals surface area contributed by atoms with Gasteiger partial charge in [-0.15, -0.1) is 0 Å². The van der Waals surface area contributed by atoms with Crippen molar-refractivity contribution in [1.82, 2.24) is 10.2 Å². The van der Waals surface area contributed by atoms with Gasteiger partial charge in [0.05, 0.1) is 13.1 Å². The molecule has 1 aromatic rings. The third kappa shape index (κ3) is 6.34. The number of allylic oxidation sites excluding steroid dienone is 1. The maximum Gasteiger partial charge on any atom is 0.272 e. The summed E-state index contributed by atoms with van der Waals surface area (Å²) >= 11 is 0. The average Bonchev–Trinajstić information content (AvgIpc) is 3.36. The Hall–Kier alpha value is -2.70. The summed E-state index contributed by atoms with van der Waals surface area (Å²) in [4.78, 5) is 29.3. The van der Waals surface area contributed by atoms with E-state index in [1.807, 2.05) is 0 Å². The molecule has 6 nitrogen and oxygen atoms in total. The van der Waals surface area contributed by atoms with E-state index in [1.165, 1.54) is 21.7 Å². The molecule has 0 unspecified atom stereocenters. The SMILES string of the molecule is Cc1cccc(N2CCC(CCC(=O)CNC3=C(C(=N)C(=O)N4CCC[C@H](F)C4)CCC3)CC2)c1C. The number of likely N-dealkylation sites (tertiary alicyclic amines) is 1. The molecule has 2 fully saturated rings. The highest BCUT2D eigenvalue weighted by Crippen LogP contribution is 2.30. The van der Waals surface area contributed by atoms with E-state index >= 15 is 0 Å². The van der Waals surface area contributed by atoms with Crippen LogP contribution in [0.2, 0.25) is 0 Å². The second-order valence-electron chi connectivity index (χ2n) is 10.8. The molecule has 1 aromatic carbocycles. The number of carbonyl (C=O) groups excluding carboxylic acids is 2. The lowest BCUT2D eigenvalue weighted by Gasteiger charge is -2.34. The number of piperidine rings is 2. The maximum absolute atomic E-state index is 13.7. The van der Waals surface area contributed by atoms with Gasteiger partial charge in [-0.1, -0.05) is 12.1 Å². The Labute approximate surface area is 214 Å². The first kappa shape index (κ1) is 26.4. The number of rotatable bonds is 9. The van der Waals surface area contributed by atoms with Crippen LogP contribution in [-0.4, -0.2) is 61.2 Å². The number of ketones is 1. The van der Waals surface area contributed by atoms with Crippen LogP contribution in [0.15, 0.2) is 29.5 Å². The van der Waals surface area contributed by atoms with Crippen molar-refractivity contribution in [2.75, 3.05) is 37.6 Å². The van der Waals surface area contributed by atoms with Crippen molar-refractivity contribution < 1.29 is 14.0 Å². The molecule has 2 aliphatic heterocycles. The maximum atomic E-state index is 13.7. The van der Waals surface area contributed by atoms with E-state index in [0.717, 1.165) is 50.9 Å². The highest BCUT2D eigenvalue weighted by atomic mass is 19.1. The van der Waals surface area contributed by atoms with Gasteiger partial charge in [0.2, 0.25) is 0 Å². The molecule has 4 rings (SSSR count). The van der Waals surface area contributed by atoms with Crippen LogP contribution in [0.25, 0.3) is 0 Å². The minimum absolute atomic E-state index is 0.0350. The Morgan fingerprint density at radius 1 is 1.08 bits per heavy atom. The number of hydrogen-bond donors (Lipinski definition) is 2. The van der Waals surface area contributed by atoms with Crippen LogP contribution in [0.5, 0.6) is 0 Å². The molecule has 0 bridgehead atoms. The highest BCUT2D eigenvalue weighted by Gasteiger charge is 2.30. The lowest BCUT2D eigenvalue weighted by Crippen LogP contribution is -2.44. The number of aryl methyl sites for hydroxylation is 1. The van der Waals surface area contributed by atoms with Gasteiger partial charge in [0.15, 0.2) is 5.78 Å². The Morgan fingerprint density at radius 2 is 1.86 bits per heavy atom. The second kappa shape index (κ2) is 12.0. The van der Waals surface area contributed by atoms with Gasteiger partial charge < -0.3 is 15.1 Å². The molecule has 36 heavy (non-hydrogen) atoms. The minimum atomic E-state index is -0.998. The molecule has 0 radical (unpaired) electrons. The van der Waals surface area contributed by atoms with Crippen LogP contribution in [0, 0.1) is 25.2 Å². The van der Waals surface area contributed by atoms with Crippen LogP contribution >= 0.6 is 0 Å². The number of nitrogens with one attached hydrogen (secondary N) is 2. The molecule has 0 spiro atoms. The summed E-state index contributed by atoms with van der Waals surface area (Å²) in [5.74, 6) is 0.373. The third-order valence-corrected chi connectivity index (χ3v) is 8.25. The van der Waals surface area contributed by atoms with Gasteiger partial charge in [0.1, 0.15) is 11.9 Å². The fourth-order valence-corrected chi connectivity index (χ4v) is 5.81. The summed E-state index contributed by atoms with van der Waals surface area (Å²) in [6.45, 7) is 7.27. The molecule has 1 amide bonds. The van der Waals surface area contributed by atoms with Gasteiger partial charge in [-0.3, -0.25) is 15.0 Å². The normalized spacial score (nSPS) is 21.1. The molecule has 196 valence electrons. The molecule has 2 saturated heterocycles. The van der Waals surface area contributed by atoms with E-state index < -0.39 is 6.17 Å². The molecule has 1 aliphatic carbocycles. The number of Topliss-reactive ketones (excluding diaryl/α,β-unsaturated/α-hetero) is 1. The molecule has 0 aromatic heterocycles. The number of alkyl halides is 1. The number of hydrogen-bond acceptors (Lipinski definition) is 5. The largest absolute Gasteiger partial charge is 0.381 e. The van der Waals surface area contributed by atoms with E-state index in [1.54, 1.807) is 0 Å². The number of amides is 1. The van der Waals surface area contributed by atoms with Crippen molar-refractivity contribution in [3.63, 3.8) is 0 Å². The summed E-state index contributed by atoms with van der Waals surface area (Å²) < 4.78 is 13.7. The fourth-order valence-electron chi connectivity index (χ4n) is 5.81. The van der Waals surface area contributed by atoms with Crippen LogP contribution in [0.1, 0.15) is 68.9 Å². The molecule has 1 atom stereocenters. The predicted molar refractivity (Wildman–Crippen MR) is 142 cm³/mol. The van der Waals surface area contributed by atoms with Gasteiger partial charge in [-0.05, 0) is 88.3 Å². The van der Waals surface area contributed by atoms with Crippen molar-refractivity contribution >= 4 is 23.1 Å². The third-order valence-electron chi connectivity index (χ3n) is 8.25. The van der Waals surface area contributed by atoms with E-state index in [2.05, 4.69) is 42.3 Å². The van der Waals surface area contributed by atoms with Gasteiger partial charge in [-0.2, -0.15) is 0 Å². The average molecular weight is 497 g/mol. The number of anilines is 1. The minimum Gasteiger partial charge on any atom is -0.381 e. The van der Waals surface area contributed by atoms with Crippen molar-refractivity contribution in [3.8, 4) is 0 Å². The summed E-state index contributed by atoms with van der Waals surface area (Å²) in [7, 11) is 0. The van der Waals surface area contributed by atoms with Gasteiger partial charge in [0.25, 0.3) is 5.91 Å². The highest BCUT2D eigenvalue weighted by molar-refractivity contribution is 6.44. The summed E-state index contributed by atoms with van der Waals surface area (Å²) in [5.41, 5.74) is 5.53. The van der Waals surface area contributed by atoms with Crippen molar-refractivity contribution in [2.24, 2.45) is 5.92 Å². The Bertz CT molecular complexity index is 1010. The first-order valence-corrected chi connectivity index (χ1v) is 13.6. The fraction of sp³-hybridized carbons (Fsp3) is 0.621. The zero-order chi connectivity index (χ0) is 25.7. The summed E-state index contributed by atoms with van der Waals surface area (Å²) in [6, 6.07) is 6.50. The van der Waals surface area contributed by atoms with E-state index in [0.29, 0.717) is 43.7 Å². The Kier molecular flexibility index (Phi) is 8.81. The van der Waals surface area contributed by atoms with Crippen molar-refractivity contribution in [1.29, 1.82) is 5.41 Å². The summed E-state index contributed by atoms with van der Waals surface area (Å²) in [6.07, 6.45) is 6.11. The molecule has 2 heterocycles. The van der Waals surface area contributed by atoms with Gasteiger partial charge >= 0.3 is 0 Å². The molecule has 7 heteroatoms. The second-order valence-corrected chi connectivity index (χ2v) is 10.8. The van der Waals surface area contributed by atoms with Crippen LogP contribution < -0.4 is 10.2 Å². The first-order valence-electron chi connectivity index (χ1n) is 13.6. The van der Waals surface area contributed by atoms with E-state index in [4.69, 9.17) is 5.41 Å². The van der Waals surface area contributed by atoms with Gasteiger partial charge in [0, 0.05) is 43.0 Å². The monoisotopic (exact) mass is 496 g/mol. The number of carbonyl (C=O) groups is 2. The number of benzene rings is 1. The van der Waals surface area contributed by atoms with Crippen molar-refractivity contribution in [3.05, 3.63) is 40.6 Å². The Balaban J connectivity index is 1.21. The van der Waals surface area contributed by atoms with Gasteiger partial charge in [-0.25, -0.2) is 4.39 Å². The predicted octanol–water partition coefficient (Wildman–Crippen LogP) is 4.88. The lowest BCUT2D eigenvalue weighted by molar-refractivity contribution is -0.126. The van der Waals surface area contributed by atoms with Crippen molar-refractivity contribution in [2.45, 2.75) is 77.8 Å². The number of nitrogens with zero attached hydrogens (tertiary/aromatic N) is 2. The summed E-state index contributed by atoms with van der Waals surface area (Å²) in [5, 5.41) is 11.7. The zero-order valence-electron chi connectivity index (χ0n) is 21.9. The van der Waals surface area contributed by atoms with E-state index in [-0.39, 0.29) is 30.5 Å². The first-order chi connectivity index (χ1) is 17.3. The molecular weight excluding hydrogens is 455 g/mol. The topological polar surface area (TPSA) is 76.5 Å². The molecule has 3 aliphatic rings. The molecule has 0 saturated carbocycles.